The van der Waals surface area contributed by atoms with Crippen LogP contribution in [0.1, 0.15) is 5.56 Å². The highest BCUT2D eigenvalue weighted by Crippen LogP contribution is 2.42. The van der Waals surface area contributed by atoms with Crippen molar-refractivity contribution in [3.8, 4) is 0 Å². The van der Waals surface area contributed by atoms with Crippen LogP contribution in [0.3, 0.4) is 0 Å². The molecule has 0 aliphatic rings. The Balaban J connectivity index is 2.21. The van der Waals surface area contributed by atoms with E-state index >= 15 is 0 Å². The monoisotopic (exact) mass is 318 g/mol. The number of rotatable bonds is 5. The lowest BCUT2D eigenvalue weighted by Gasteiger charge is -2.20. The van der Waals surface area contributed by atoms with E-state index in [1.165, 1.54) is 5.56 Å². The van der Waals surface area contributed by atoms with E-state index in [1.54, 1.807) is 0 Å². The first kappa shape index (κ1) is 15.8. The van der Waals surface area contributed by atoms with Crippen molar-refractivity contribution in [2.45, 2.75) is 13.1 Å². The molecule has 0 atom stereocenters. The van der Waals surface area contributed by atoms with Crippen molar-refractivity contribution >= 4 is 30.3 Å². The molecule has 0 saturated heterocycles. The second-order valence-corrected chi connectivity index (χ2v) is 8.47. The normalized spacial score (nSPS) is 11.2. The molecule has 114 valence electrons. The van der Waals surface area contributed by atoms with Gasteiger partial charge in [-0.2, -0.15) is 0 Å². The Morgan fingerprint density at radius 2 is 1.26 bits per heavy atom. The maximum atomic E-state index is 14.2. The molecule has 0 radical (unpaired) electrons. The number of benzene rings is 3. The topological polar surface area (TPSA) is 17.1 Å². The van der Waals surface area contributed by atoms with Gasteiger partial charge in [-0.3, -0.25) is 0 Å². The van der Waals surface area contributed by atoms with Crippen LogP contribution < -0.4 is 15.9 Å². The van der Waals surface area contributed by atoms with E-state index in [1.807, 2.05) is 72.8 Å². The molecule has 0 spiro atoms. The summed E-state index contributed by atoms with van der Waals surface area (Å²) in [6, 6.07) is 27.9. The second kappa shape index (κ2) is 7.02. The highest BCUT2D eigenvalue weighted by atomic mass is 31.2. The molecule has 0 aliphatic carbocycles. The summed E-state index contributed by atoms with van der Waals surface area (Å²) in [5.74, 6) is 0. The summed E-state index contributed by atoms with van der Waals surface area (Å²) in [5.41, 5.74) is 1.25. The average molecular weight is 318 g/mol. The van der Waals surface area contributed by atoms with Crippen LogP contribution >= 0.6 is 7.14 Å². The number of hydrogen-bond acceptors (Lipinski definition) is 1. The molecule has 0 bridgehead atoms. The Hall–Kier alpha value is -2.05. The number of hydrogen-bond donors (Lipinski definition) is 0. The van der Waals surface area contributed by atoms with E-state index in [0.717, 1.165) is 29.5 Å². The van der Waals surface area contributed by atoms with Crippen LogP contribution in [-0.2, 0) is 10.9 Å². The smallest absolute Gasteiger partial charge is 0.171 e. The van der Waals surface area contributed by atoms with E-state index in [-0.39, 0.29) is 0 Å². The third-order valence-corrected chi connectivity index (χ3v) is 7.11. The highest BCUT2D eigenvalue weighted by Gasteiger charge is 2.29. The maximum Gasteiger partial charge on any atom is 0.171 e. The Kier molecular flexibility index (Phi) is 4.83. The summed E-state index contributed by atoms with van der Waals surface area (Å²) in [6.45, 7) is 2.17. The van der Waals surface area contributed by atoms with E-state index in [2.05, 4.69) is 19.0 Å². The van der Waals surface area contributed by atoms with Gasteiger partial charge in [0.2, 0.25) is 0 Å². The minimum absolute atomic E-state index is 0.889. The molecule has 3 heteroatoms. The molecule has 3 aromatic rings. The van der Waals surface area contributed by atoms with Crippen LogP contribution in [0.15, 0.2) is 84.9 Å². The van der Waals surface area contributed by atoms with Crippen molar-refractivity contribution in [2.24, 2.45) is 0 Å². The van der Waals surface area contributed by atoms with E-state index in [4.69, 9.17) is 0 Å². The van der Waals surface area contributed by atoms with Crippen molar-refractivity contribution in [1.29, 1.82) is 0 Å². The van der Waals surface area contributed by atoms with Gasteiger partial charge in [0.05, 0.1) is 0 Å². The zero-order chi connectivity index (χ0) is 16.1. The van der Waals surface area contributed by atoms with Gasteiger partial charge in [0, 0.05) is 15.9 Å². The Morgan fingerprint density at radius 1 is 0.739 bits per heavy atom. The summed E-state index contributed by atoms with van der Waals surface area (Å²) in [5, 5.41) is 2.69. The lowest BCUT2D eigenvalue weighted by molar-refractivity contribution is 0.592. The fourth-order valence-corrected chi connectivity index (χ4v) is 5.64. The molecule has 0 amide bonds. The molecular formula is C20H20BOP. The van der Waals surface area contributed by atoms with Gasteiger partial charge in [0.25, 0.3) is 0 Å². The molecule has 0 aromatic heterocycles. The first-order chi connectivity index (χ1) is 11.2. The molecule has 1 nitrogen and oxygen atoms in total. The zero-order valence-corrected chi connectivity index (χ0v) is 14.2. The second-order valence-electron chi connectivity index (χ2n) is 5.70. The van der Waals surface area contributed by atoms with Crippen molar-refractivity contribution in [3.63, 3.8) is 0 Å². The molecule has 0 aliphatic heterocycles. The predicted octanol–water partition coefficient (Wildman–Crippen LogP) is 3.31. The van der Waals surface area contributed by atoms with Crippen LogP contribution in [0.4, 0.5) is 0 Å². The summed E-state index contributed by atoms with van der Waals surface area (Å²) in [7, 11) is -1.74. The van der Waals surface area contributed by atoms with Crippen LogP contribution in [0.25, 0.3) is 0 Å². The average Bonchev–Trinajstić information content (AvgIpc) is 2.63. The van der Waals surface area contributed by atoms with Gasteiger partial charge in [-0.15, -0.1) is 0 Å². The van der Waals surface area contributed by atoms with Gasteiger partial charge in [0.15, 0.2) is 7.14 Å². The lowest BCUT2D eigenvalue weighted by atomic mass is 9.75. The van der Waals surface area contributed by atoms with Crippen molar-refractivity contribution in [1.82, 2.24) is 0 Å². The molecule has 0 N–H and O–H groups in total. The Bertz CT molecular complexity index is 772. The van der Waals surface area contributed by atoms with E-state index in [0.29, 0.717) is 0 Å². The largest absolute Gasteiger partial charge is 0.309 e. The molecule has 23 heavy (non-hydrogen) atoms. The first-order valence-electron chi connectivity index (χ1n) is 8.06. The van der Waals surface area contributed by atoms with Crippen LogP contribution in [0.5, 0.6) is 0 Å². The van der Waals surface area contributed by atoms with Crippen LogP contribution in [-0.4, -0.2) is 7.28 Å². The maximum absolute atomic E-state index is 14.2. The van der Waals surface area contributed by atoms with Crippen molar-refractivity contribution in [2.75, 3.05) is 0 Å². The standard InChI is InChI=1S/C20H20BOP/c1-21-16-17-9-8-14-20(15-17)23(22,18-10-4-2-5-11-18)19-12-6-3-7-13-19/h2-15,21H,16H2,1H3. The Labute approximate surface area is 139 Å². The minimum Gasteiger partial charge on any atom is -0.309 e. The fourth-order valence-electron chi connectivity index (χ4n) is 2.92. The fraction of sp³-hybridized carbons (Fsp3) is 0.100. The van der Waals surface area contributed by atoms with Gasteiger partial charge < -0.3 is 4.57 Å². The summed E-state index contributed by atoms with van der Waals surface area (Å²) < 4.78 is 14.2. The highest BCUT2D eigenvalue weighted by molar-refractivity contribution is 7.85. The Morgan fingerprint density at radius 3 is 1.78 bits per heavy atom. The SMILES string of the molecule is CBCc1cccc(P(=O)(c2ccccc2)c2ccccc2)c1. The molecule has 0 fully saturated rings. The van der Waals surface area contributed by atoms with Crippen LogP contribution in [0, 0.1) is 0 Å². The van der Waals surface area contributed by atoms with Gasteiger partial charge in [0.1, 0.15) is 7.28 Å². The summed E-state index contributed by atoms with van der Waals surface area (Å²) in [4.78, 5) is 0. The third kappa shape index (κ3) is 3.18. The zero-order valence-electron chi connectivity index (χ0n) is 13.4. The molecule has 0 heterocycles. The van der Waals surface area contributed by atoms with Gasteiger partial charge in [-0.05, 0) is 6.07 Å². The van der Waals surface area contributed by atoms with E-state index < -0.39 is 7.14 Å². The van der Waals surface area contributed by atoms with Crippen molar-refractivity contribution < 1.29 is 4.57 Å². The minimum atomic E-state index is -2.83. The third-order valence-electron chi connectivity index (χ3n) is 4.05. The van der Waals surface area contributed by atoms with Gasteiger partial charge in [-0.1, -0.05) is 97.6 Å². The van der Waals surface area contributed by atoms with Gasteiger partial charge >= 0.3 is 0 Å². The first-order valence-corrected chi connectivity index (χ1v) is 9.76. The predicted molar refractivity (Wildman–Crippen MR) is 103 cm³/mol. The molecule has 3 aromatic carbocycles. The molecule has 0 unspecified atom stereocenters. The lowest BCUT2D eigenvalue weighted by Crippen LogP contribution is -2.25. The van der Waals surface area contributed by atoms with Gasteiger partial charge in [-0.25, -0.2) is 0 Å². The molecule has 0 saturated carbocycles. The quantitative estimate of drug-likeness (QED) is 0.521. The summed E-state index contributed by atoms with van der Waals surface area (Å²) in [6.07, 6.45) is 1.01. The van der Waals surface area contributed by atoms with Crippen LogP contribution in [0.2, 0.25) is 6.82 Å². The summed E-state index contributed by atoms with van der Waals surface area (Å²) >= 11 is 0. The molecular weight excluding hydrogens is 298 g/mol. The van der Waals surface area contributed by atoms with E-state index in [9.17, 15) is 4.57 Å². The van der Waals surface area contributed by atoms with Crippen molar-refractivity contribution in [3.05, 3.63) is 90.5 Å². The molecule has 3 rings (SSSR count).